The highest BCUT2D eigenvalue weighted by Gasteiger charge is 2.26. The highest BCUT2D eigenvalue weighted by Crippen LogP contribution is 2.19. The summed E-state index contributed by atoms with van der Waals surface area (Å²) < 4.78 is 5.95. The molecular weight excluding hydrogens is 272 g/mol. The largest absolute Gasteiger partial charge is 0.377 e. The van der Waals surface area contributed by atoms with E-state index in [0.29, 0.717) is 0 Å². The van der Waals surface area contributed by atoms with Gasteiger partial charge in [-0.05, 0) is 31.6 Å². The van der Waals surface area contributed by atoms with Crippen LogP contribution in [0.2, 0.25) is 0 Å². The van der Waals surface area contributed by atoms with Crippen molar-refractivity contribution >= 4 is 0 Å². The van der Waals surface area contributed by atoms with Crippen molar-refractivity contribution in [3.63, 3.8) is 0 Å². The van der Waals surface area contributed by atoms with E-state index in [9.17, 15) is 0 Å². The van der Waals surface area contributed by atoms with Gasteiger partial charge in [0.25, 0.3) is 0 Å². The molecule has 0 saturated heterocycles. The van der Waals surface area contributed by atoms with Crippen LogP contribution in [0.25, 0.3) is 0 Å². The van der Waals surface area contributed by atoms with E-state index in [0.717, 1.165) is 31.8 Å². The van der Waals surface area contributed by atoms with Gasteiger partial charge in [0, 0.05) is 18.7 Å². The Hall–Kier alpha value is -0.120. The zero-order valence-corrected chi connectivity index (χ0v) is 15.1. The highest BCUT2D eigenvalue weighted by molar-refractivity contribution is 4.85. The Labute approximate surface area is 138 Å². The first-order chi connectivity index (χ1) is 10.6. The molecule has 0 aromatic heterocycles. The molecule has 1 aliphatic carbocycles. The monoisotopic (exact) mass is 312 g/mol. The molecule has 0 radical (unpaired) electrons. The molecule has 0 aromatic carbocycles. The summed E-state index contributed by atoms with van der Waals surface area (Å²) in [6.45, 7) is 5.51. The molecule has 0 heterocycles. The maximum atomic E-state index is 6.10. The Morgan fingerprint density at radius 2 is 1.45 bits per heavy atom. The van der Waals surface area contributed by atoms with Gasteiger partial charge in [0.15, 0.2) is 0 Å². The number of hydrogen-bond acceptors (Lipinski definition) is 3. The third-order valence-electron chi connectivity index (χ3n) is 4.88. The summed E-state index contributed by atoms with van der Waals surface area (Å²) in [6, 6.07) is 0.435. The maximum Gasteiger partial charge on any atom is 0.0727 e. The third-order valence-corrected chi connectivity index (χ3v) is 4.88. The number of hydrogen-bond donors (Lipinski definition) is 2. The number of ether oxygens (including phenoxy) is 1. The van der Waals surface area contributed by atoms with Gasteiger partial charge in [0.05, 0.1) is 6.10 Å². The minimum atomic E-state index is 0.148. The normalized spacial score (nSPS) is 25.8. The summed E-state index contributed by atoms with van der Waals surface area (Å²) in [5, 5.41) is 0. The van der Waals surface area contributed by atoms with Crippen LogP contribution in [-0.4, -0.2) is 24.8 Å². The third kappa shape index (κ3) is 9.81. The molecule has 0 spiro atoms. The summed E-state index contributed by atoms with van der Waals surface area (Å²) in [4.78, 5) is 0. The van der Waals surface area contributed by atoms with E-state index in [1.54, 1.807) is 0 Å². The second-order valence-electron chi connectivity index (χ2n) is 7.66. The summed E-state index contributed by atoms with van der Waals surface area (Å²) in [5.74, 6) is 0.869. The molecule has 132 valence electrons. The van der Waals surface area contributed by atoms with E-state index in [1.807, 2.05) is 0 Å². The first kappa shape index (κ1) is 19.9. The summed E-state index contributed by atoms with van der Waals surface area (Å²) in [5.41, 5.74) is 12.0. The molecular formula is C19H40N2O. The molecule has 1 saturated carbocycles. The van der Waals surface area contributed by atoms with E-state index in [4.69, 9.17) is 16.2 Å². The molecule has 3 nitrogen and oxygen atoms in total. The average Bonchev–Trinajstić information content (AvgIpc) is 2.46. The van der Waals surface area contributed by atoms with Gasteiger partial charge in [0.1, 0.15) is 0 Å². The fourth-order valence-electron chi connectivity index (χ4n) is 3.37. The van der Waals surface area contributed by atoms with Crippen LogP contribution in [0, 0.1) is 5.92 Å². The topological polar surface area (TPSA) is 61.3 Å². The predicted molar refractivity (Wildman–Crippen MR) is 95.9 cm³/mol. The molecule has 3 heteroatoms. The molecule has 0 bridgehead atoms. The van der Waals surface area contributed by atoms with Crippen LogP contribution in [0.3, 0.4) is 0 Å². The van der Waals surface area contributed by atoms with E-state index < -0.39 is 0 Å². The van der Waals surface area contributed by atoms with Crippen LogP contribution in [0.5, 0.6) is 0 Å². The average molecular weight is 313 g/mol. The quantitative estimate of drug-likeness (QED) is 0.526. The van der Waals surface area contributed by atoms with Gasteiger partial charge in [-0.15, -0.1) is 0 Å². The van der Waals surface area contributed by atoms with Gasteiger partial charge in [0.2, 0.25) is 0 Å². The molecule has 3 unspecified atom stereocenters. The number of unbranched alkanes of at least 4 members (excludes halogenated alkanes) is 7. The first-order valence-electron chi connectivity index (χ1n) is 9.72. The van der Waals surface area contributed by atoms with E-state index in [1.165, 1.54) is 57.8 Å². The van der Waals surface area contributed by atoms with Gasteiger partial charge in [-0.2, -0.15) is 0 Å². The van der Waals surface area contributed by atoms with Crippen molar-refractivity contribution in [2.75, 3.05) is 6.61 Å². The van der Waals surface area contributed by atoms with Crippen molar-refractivity contribution < 1.29 is 4.74 Å². The van der Waals surface area contributed by atoms with Crippen molar-refractivity contribution in [2.45, 2.75) is 109 Å². The second kappa shape index (κ2) is 12.3. The zero-order valence-electron chi connectivity index (χ0n) is 15.1. The number of nitrogens with two attached hydrogens (primary N) is 2. The van der Waals surface area contributed by atoms with E-state index in [-0.39, 0.29) is 18.2 Å². The maximum absolute atomic E-state index is 6.10. The molecule has 1 fully saturated rings. The van der Waals surface area contributed by atoms with Crippen LogP contribution in [-0.2, 0) is 4.74 Å². The molecule has 22 heavy (non-hydrogen) atoms. The second-order valence-corrected chi connectivity index (χ2v) is 7.66. The predicted octanol–water partition coefficient (Wildman–Crippen LogP) is 4.38. The minimum Gasteiger partial charge on any atom is -0.377 e. The lowest BCUT2D eigenvalue weighted by Crippen LogP contribution is -2.46. The summed E-state index contributed by atoms with van der Waals surface area (Å²) in [7, 11) is 0. The van der Waals surface area contributed by atoms with Gasteiger partial charge in [-0.3, -0.25) is 0 Å². The Morgan fingerprint density at radius 3 is 2.05 bits per heavy atom. The smallest absolute Gasteiger partial charge is 0.0727 e. The standard InChI is InChI=1S/C19H40N2O/c1-16(2)11-9-7-5-3-4-6-8-10-14-22-19-13-12-17(20)15-18(19)21/h16-19H,3-15,20-21H2,1-2H3. The fraction of sp³-hybridized carbons (Fsp3) is 1.00. The summed E-state index contributed by atoms with van der Waals surface area (Å²) in [6.07, 6.45) is 15.6. The minimum absolute atomic E-state index is 0.148. The molecule has 0 aliphatic heterocycles. The Bertz CT molecular complexity index is 258. The van der Waals surface area contributed by atoms with Crippen LogP contribution < -0.4 is 11.5 Å². The molecule has 0 aromatic rings. The highest BCUT2D eigenvalue weighted by atomic mass is 16.5. The van der Waals surface area contributed by atoms with Crippen molar-refractivity contribution in [1.82, 2.24) is 0 Å². The van der Waals surface area contributed by atoms with E-state index >= 15 is 0 Å². The Morgan fingerprint density at radius 1 is 0.864 bits per heavy atom. The Kier molecular flexibility index (Phi) is 11.2. The lowest BCUT2D eigenvalue weighted by molar-refractivity contribution is 0.00978. The molecule has 4 N–H and O–H groups in total. The first-order valence-corrected chi connectivity index (χ1v) is 9.72. The molecule has 1 rings (SSSR count). The molecule has 3 atom stereocenters. The van der Waals surface area contributed by atoms with Crippen LogP contribution >= 0.6 is 0 Å². The molecule has 1 aliphatic rings. The van der Waals surface area contributed by atoms with E-state index in [2.05, 4.69) is 13.8 Å². The Balaban J connectivity index is 1.82. The van der Waals surface area contributed by atoms with Gasteiger partial charge in [-0.25, -0.2) is 0 Å². The van der Waals surface area contributed by atoms with Crippen LogP contribution in [0.1, 0.15) is 90.9 Å². The fourth-order valence-corrected chi connectivity index (χ4v) is 3.37. The lowest BCUT2D eigenvalue weighted by atomic mass is 9.89. The van der Waals surface area contributed by atoms with Crippen molar-refractivity contribution in [1.29, 1.82) is 0 Å². The van der Waals surface area contributed by atoms with Gasteiger partial charge in [-0.1, -0.05) is 65.2 Å². The van der Waals surface area contributed by atoms with Crippen molar-refractivity contribution in [3.05, 3.63) is 0 Å². The lowest BCUT2D eigenvalue weighted by Gasteiger charge is -2.32. The molecule has 0 amide bonds. The summed E-state index contributed by atoms with van der Waals surface area (Å²) >= 11 is 0. The van der Waals surface area contributed by atoms with Crippen LogP contribution in [0.15, 0.2) is 0 Å². The zero-order chi connectivity index (χ0) is 16.2. The van der Waals surface area contributed by atoms with Crippen molar-refractivity contribution in [3.8, 4) is 0 Å². The SMILES string of the molecule is CC(C)CCCCCCCCCCOC1CCC(N)CC1N. The van der Waals surface area contributed by atoms with Crippen LogP contribution in [0.4, 0.5) is 0 Å². The van der Waals surface area contributed by atoms with Crippen molar-refractivity contribution in [2.24, 2.45) is 17.4 Å². The van der Waals surface area contributed by atoms with Gasteiger partial charge >= 0.3 is 0 Å². The van der Waals surface area contributed by atoms with Gasteiger partial charge < -0.3 is 16.2 Å². The number of rotatable bonds is 12.